The second kappa shape index (κ2) is 12.3. The zero-order chi connectivity index (χ0) is 24.5. The summed E-state index contributed by atoms with van der Waals surface area (Å²) < 4.78 is 18.5. The number of carbonyl (C=O) groups is 1. The average Bonchev–Trinajstić information content (AvgIpc) is 2.84. The van der Waals surface area contributed by atoms with Crippen LogP contribution in [-0.2, 0) is 11.4 Å². The average molecular weight is 586 g/mol. The van der Waals surface area contributed by atoms with Crippen molar-refractivity contribution >= 4 is 49.5 Å². The molecule has 1 amide bonds. The molecule has 3 rings (SSSR count). The summed E-state index contributed by atoms with van der Waals surface area (Å²) in [6.45, 7) is 2.67. The minimum Gasteiger partial charge on any atom is -0.497 e. The molecule has 0 bridgehead atoms. The number of nitrogens with one attached hydrogen (secondary N) is 1. The van der Waals surface area contributed by atoms with Gasteiger partial charge in [0.25, 0.3) is 5.91 Å². The van der Waals surface area contributed by atoms with Crippen LogP contribution in [0.1, 0.15) is 18.1 Å². The molecule has 8 heteroatoms. The van der Waals surface area contributed by atoms with Gasteiger partial charge in [-0.1, -0.05) is 44.0 Å². The van der Waals surface area contributed by atoms with Crippen molar-refractivity contribution in [2.24, 2.45) is 0 Å². The fourth-order valence-corrected chi connectivity index (χ4v) is 3.66. The van der Waals surface area contributed by atoms with Crippen LogP contribution in [0.2, 0.25) is 0 Å². The van der Waals surface area contributed by atoms with Gasteiger partial charge in [-0.15, -0.1) is 0 Å². The van der Waals surface area contributed by atoms with E-state index in [1.54, 1.807) is 43.5 Å². The van der Waals surface area contributed by atoms with Crippen molar-refractivity contribution in [1.29, 1.82) is 5.26 Å². The van der Waals surface area contributed by atoms with Crippen molar-refractivity contribution in [1.82, 2.24) is 0 Å². The molecule has 0 aliphatic heterocycles. The summed E-state index contributed by atoms with van der Waals surface area (Å²) in [5.74, 6) is 1.22. The van der Waals surface area contributed by atoms with Crippen LogP contribution < -0.4 is 19.5 Å². The largest absolute Gasteiger partial charge is 0.497 e. The van der Waals surface area contributed by atoms with Crippen molar-refractivity contribution < 1.29 is 19.0 Å². The fraction of sp³-hybridized carbons (Fsp3) is 0.154. The maximum Gasteiger partial charge on any atom is 0.266 e. The molecule has 0 aliphatic rings. The predicted molar refractivity (Wildman–Crippen MR) is 139 cm³/mol. The summed E-state index contributed by atoms with van der Waals surface area (Å²) >= 11 is 6.94. The van der Waals surface area contributed by atoms with Gasteiger partial charge in [-0.05, 0) is 72.7 Å². The predicted octanol–water partition coefficient (Wildman–Crippen LogP) is 6.74. The first-order valence-corrected chi connectivity index (χ1v) is 11.9. The highest BCUT2D eigenvalue weighted by Crippen LogP contribution is 2.35. The van der Waals surface area contributed by atoms with Crippen LogP contribution in [0.15, 0.2) is 75.2 Å². The number of carbonyl (C=O) groups excluding carboxylic acids is 1. The molecule has 0 fully saturated rings. The third kappa shape index (κ3) is 6.86. The van der Waals surface area contributed by atoms with E-state index >= 15 is 0 Å². The van der Waals surface area contributed by atoms with Gasteiger partial charge in [0, 0.05) is 14.6 Å². The Hall–Kier alpha value is -3.28. The Morgan fingerprint density at radius 2 is 1.71 bits per heavy atom. The van der Waals surface area contributed by atoms with Gasteiger partial charge in [-0.2, -0.15) is 5.26 Å². The summed E-state index contributed by atoms with van der Waals surface area (Å²) in [5, 5.41) is 12.3. The van der Waals surface area contributed by atoms with Crippen LogP contribution in [0.25, 0.3) is 6.08 Å². The highest BCUT2D eigenvalue weighted by atomic mass is 79.9. The first-order valence-electron chi connectivity index (χ1n) is 10.3. The van der Waals surface area contributed by atoms with E-state index in [1.165, 1.54) is 6.08 Å². The summed E-state index contributed by atoms with van der Waals surface area (Å²) in [4.78, 5) is 12.7. The van der Waals surface area contributed by atoms with E-state index < -0.39 is 5.91 Å². The number of amides is 1. The van der Waals surface area contributed by atoms with Gasteiger partial charge >= 0.3 is 0 Å². The molecule has 0 aliphatic carbocycles. The molecule has 0 heterocycles. The molecule has 3 aromatic rings. The van der Waals surface area contributed by atoms with E-state index in [4.69, 9.17) is 14.2 Å². The third-order valence-corrected chi connectivity index (χ3v) is 5.90. The van der Waals surface area contributed by atoms with Crippen LogP contribution in [0.4, 0.5) is 5.69 Å². The number of anilines is 1. The van der Waals surface area contributed by atoms with Crippen molar-refractivity contribution in [3.8, 4) is 23.3 Å². The Balaban J connectivity index is 1.82. The molecule has 0 radical (unpaired) electrons. The maximum atomic E-state index is 12.7. The van der Waals surface area contributed by atoms with Gasteiger partial charge in [0.2, 0.25) is 0 Å². The van der Waals surface area contributed by atoms with E-state index in [2.05, 4.69) is 37.2 Å². The number of halogens is 2. The Labute approximate surface area is 215 Å². The summed E-state index contributed by atoms with van der Waals surface area (Å²) in [5.41, 5.74) is 2.12. The summed E-state index contributed by atoms with van der Waals surface area (Å²) in [7, 11) is 1.57. The number of nitriles is 1. The number of benzene rings is 3. The molecule has 0 atom stereocenters. The van der Waals surface area contributed by atoms with Crippen LogP contribution in [0.3, 0.4) is 0 Å². The Kier molecular flexibility index (Phi) is 9.14. The first-order chi connectivity index (χ1) is 16.4. The number of methoxy groups -OCH3 is 1. The monoisotopic (exact) mass is 584 g/mol. The number of hydrogen-bond donors (Lipinski definition) is 1. The van der Waals surface area contributed by atoms with E-state index in [0.29, 0.717) is 46.2 Å². The lowest BCUT2D eigenvalue weighted by Gasteiger charge is -2.14. The lowest BCUT2D eigenvalue weighted by Crippen LogP contribution is -2.13. The first kappa shape index (κ1) is 25.3. The van der Waals surface area contributed by atoms with E-state index in [9.17, 15) is 10.1 Å². The number of nitrogens with zero attached hydrogens (tertiary/aromatic N) is 1. The SMILES string of the molecule is CCOc1cc(/C=C(\C#N)C(=O)Nc2ccc(OC)cc2)c(Br)cc1OCc1ccc(Br)cc1. The topological polar surface area (TPSA) is 80.6 Å². The molecule has 34 heavy (non-hydrogen) atoms. The molecule has 6 nitrogen and oxygen atoms in total. The number of ether oxygens (including phenoxy) is 3. The number of hydrogen-bond acceptors (Lipinski definition) is 5. The Bertz CT molecular complexity index is 1220. The molecular formula is C26H22Br2N2O4. The quantitative estimate of drug-likeness (QED) is 0.222. The molecule has 0 saturated heterocycles. The van der Waals surface area contributed by atoms with Gasteiger partial charge in [-0.3, -0.25) is 4.79 Å². The maximum absolute atomic E-state index is 12.7. The van der Waals surface area contributed by atoms with E-state index in [1.807, 2.05) is 37.3 Å². The highest BCUT2D eigenvalue weighted by molar-refractivity contribution is 9.10. The van der Waals surface area contributed by atoms with Crippen LogP contribution in [0.5, 0.6) is 17.2 Å². The summed E-state index contributed by atoms with van der Waals surface area (Å²) in [6.07, 6.45) is 1.50. The van der Waals surface area contributed by atoms with Gasteiger partial charge in [-0.25, -0.2) is 0 Å². The lowest BCUT2D eigenvalue weighted by molar-refractivity contribution is -0.112. The van der Waals surface area contributed by atoms with Crippen molar-refractivity contribution in [2.45, 2.75) is 13.5 Å². The Morgan fingerprint density at radius 1 is 1.03 bits per heavy atom. The van der Waals surface area contributed by atoms with Gasteiger partial charge < -0.3 is 19.5 Å². The number of rotatable bonds is 9. The minimum absolute atomic E-state index is 0.0532. The molecule has 0 unspecified atom stereocenters. The second-order valence-electron chi connectivity index (χ2n) is 7.02. The summed E-state index contributed by atoms with van der Waals surface area (Å²) in [6, 6.07) is 20.2. The molecule has 0 aromatic heterocycles. The normalized spacial score (nSPS) is 10.9. The minimum atomic E-state index is -0.520. The van der Waals surface area contributed by atoms with Gasteiger partial charge in [0.1, 0.15) is 24.0 Å². The molecular weight excluding hydrogens is 564 g/mol. The fourth-order valence-electron chi connectivity index (χ4n) is 2.96. The highest BCUT2D eigenvalue weighted by Gasteiger charge is 2.14. The van der Waals surface area contributed by atoms with Crippen molar-refractivity contribution in [3.63, 3.8) is 0 Å². The smallest absolute Gasteiger partial charge is 0.266 e. The van der Waals surface area contributed by atoms with Gasteiger partial charge in [0.15, 0.2) is 11.5 Å². The zero-order valence-electron chi connectivity index (χ0n) is 18.6. The van der Waals surface area contributed by atoms with Gasteiger partial charge in [0.05, 0.1) is 13.7 Å². The standard InChI is InChI=1S/C26H22Br2N2O4/c1-3-33-24-13-18(23(28)14-25(24)34-16-17-4-6-20(27)7-5-17)12-19(15-29)26(31)30-21-8-10-22(32-2)11-9-21/h4-14H,3,16H2,1-2H3,(H,30,31)/b19-12+. The van der Waals surface area contributed by atoms with E-state index in [0.717, 1.165) is 10.0 Å². The molecule has 0 saturated carbocycles. The molecule has 3 aromatic carbocycles. The Morgan fingerprint density at radius 3 is 2.32 bits per heavy atom. The van der Waals surface area contributed by atoms with Crippen LogP contribution >= 0.6 is 31.9 Å². The zero-order valence-corrected chi connectivity index (χ0v) is 21.8. The second-order valence-corrected chi connectivity index (χ2v) is 8.79. The van der Waals surface area contributed by atoms with Crippen LogP contribution in [-0.4, -0.2) is 19.6 Å². The molecule has 174 valence electrons. The van der Waals surface area contributed by atoms with E-state index in [-0.39, 0.29) is 5.57 Å². The third-order valence-electron chi connectivity index (χ3n) is 4.68. The van der Waals surface area contributed by atoms with Crippen molar-refractivity contribution in [3.05, 3.63) is 86.3 Å². The molecule has 0 spiro atoms. The molecule has 1 N–H and O–H groups in total. The van der Waals surface area contributed by atoms with Crippen LogP contribution in [0, 0.1) is 11.3 Å². The van der Waals surface area contributed by atoms with Crippen molar-refractivity contribution in [2.75, 3.05) is 19.0 Å². The lowest BCUT2D eigenvalue weighted by atomic mass is 10.1.